The van der Waals surface area contributed by atoms with Crippen LogP contribution in [0, 0.1) is 11.8 Å². The van der Waals surface area contributed by atoms with Crippen molar-refractivity contribution in [2.75, 3.05) is 19.0 Å². The third-order valence-corrected chi connectivity index (χ3v) is 2.94. The van der Waals surface area contributed by atoms with Gasteiger partial charge in [0.2, 0.25) is 5.91 Å². The molecule has 1 aromatic rings. The van der Waals surface area contributed by atoms with Crippen molar-refractivity contribution in [1.29, 1.82) is 0 Å². The van der Waals surface area contributed by atoms with E-state index in [-0.39, 0.29) is 23.5 Å². The normalized spacial score (nSPS) is 11.0. The van der Waals surface area contributed by atoms with E-state index in [4.69, 9.17) is 16.6 Å². The molecule has 1 unspecified atom stereocenters. The first-order valence-corrected chi connectivity index (χ1v) is 7.11. The quantitative estimate of drug-likeness (QED) is 0.420. The molecule has 0 saturated heterocycles. The minimum absolute atomic E-state index is 0.141. The highest BCUT2D eigenvalue weighted by Gasteiger charge is 2.13. The summed E-state index contributed by atoms with van der Waals surface area (Å²) in [7, 11) is 1.21. The molecule has 0 aromatic heterocycles. The molecule has 0 heterocycles. The number of carboxylic acid groups (broad SMARTS) is 1. The molecule has 0 saturated carbocycles. The number of carbonyl (C=O) groups is 3. The summed E-state index contributed by atoms with van der Waals surface area (Å²) in [6.45, 7) is 0.401. The van der Waals surface area contributed by atoms with Gasteiger partial charge in [0.05, 0.1) is 12.7 Å². The number of carbonyl (C=O) groups excluding carboxylic acids is 2. The number of rotatable bonds is 6. The lowest BCUT2D eigenvalue weighted by atomic mass is 10.1. The Morgan fingerprint density at radius 3 is 2.67 bits per heavy atom. The third kappa shape index (κ3) is 5.72. The topological polar surface area (TPSA) is 145 Å². The molecule has 6 N–H and O–H groups in total. The van der Waals surface area contributed by atoms with Crippen LogP contribution in [0.15, 0.2) is 18.2 Å². The van der Waals surface area contributed by atoms with E-state index in [1.165, 1.54) is 25.3 Å². The molecule has 24 heavy (non-hydrogen) atoms. The molecule has 1 aromatic carbocycles. The number of esters is 1. The minimum Gasteiger partial charge on any atom is -0.479 e. The van der Waals surface area contributed by atoms with Gasteiger partial charge in [0.15, 0.2) is 6.04 Å². The van der Waals surface area contributed by atoms with Crippen LogP contribution in [0.1, 0.15) is 28.8 Å². The van der Waals surface area contributed by atoms with Crippen LogP contribution < -0.4 is 16.8 Å². The second kappa shape index (κ2) is 9.29. The zero-order valence-electron chi connectivity index (χ0n) is 13.2. The van der Waals surface area contributed by atoms with E-state index in [9.17, 15) is 14.4 Å². The van der Waals surface area contributed by atoms with Crippen molar-refractivity contribution < 1.29 is 24.2 Å². The van der Waals surface area contributed by atoms with E-state index in [1.54, 1.807) is 0 Å². The van der Waals surface area contributed by atoms with E-state index in [0.717, 1.165) is 0 Å². The Kier molecular flexibility index (Phi) is 7.42. The van der Waals surface area contributed by atoms with Gasteiger partial charge in [-0.15, -0.1) is 0 Å². The van der Waals surface area contributed by atoms with E-state index >= 15 is 0 Å². The molecule has 8 heteroatoms. The van der Waals surface area contributed by atoms with Crippen molar-refractivity contribution in [2.24, 2.45) is 11.5 Å². The fourth-order valence-electron chi connectivity index (χ4n) is 1.72. The molecule has 0 aliphatic carbocycles. The first-order chi connectivity index (χ1) is 11.4. The Bertz CT molecular complexity index is 691. The van der Waals surface area contributed by atoms with Crippen LogP contribution in [0.2, 0.25) is 0 Å². The molecule has 0 bridgehead atoms. The minimum atomic E-state index is -1.39. The van der Waals surface area contributed by atoms with Crippen LogP contribution in [-0.4, -0.2) is 42.6 Å². The predicted molar refractivity (Wildman–Crippen MR) is 87.2 cm³/mol. The summed E-state index contributed by atoms with van der Waals surface area (Å²) in [5.74, 6) is 2.71. The number of amides is 1. The van der Waals surface area contributed by atoms with Crippen LogP contribution in [-0.2, 0) is 14.3 Å². The van der Waals surface area contributed by atoms with Crippen molar-refractivity contribution in [3.05, 3.63) is 29.3 Å². The third-order valence-electron chi connectivity index (χ3n) is 2.94. The Labute approximate surface area is 139 Å². The number of aliphatic carboxylic acids is 1. The number of nitrogens with one attached hydrogen (secondary N) is 1. The molecular weight excluding hydrogens is 314 g/mol. The lowest BCUT2D eigenvalue weighted by Crippen LogP contribution is -2.28. The lowest BCUT2D eigenvalue weighted by Gasteiger charge is -2.08. The highest BCUT2D eigenvalue weighted by atomic mass is 16.5. The molecule has 0 radical (unpaired) electrons. The summed E-state index contributed by atoms with van der Waals surface area (Å²) < 4.78 is 4.65. The summed E-state index contributed by atoms with van der Waals surface area (Å²) in [5.41, 5.74) is 11.4. The number of anilines is 1. The van der Waals surface area contributed by atoms with Gasteiger partial charge in [-0.05, 0) is 31.2 Å². The smallest absolute Gasteiger partial charge is 0.339 e. The first-order valence-electron chi connectivity index (χ1n) is 7.11. The molecule has 8 nitrogen and oxygen atoms in total. The number of hydrogen-bond acceptors (Lipinski definition) is 6. The molecule has 0 fully saturated rings. The largest absolute Gasteiger partial charge is 0.479 e. The second-order valence-electron chi connectivity index (χ2n) is 4.78. The predicted octanol–water partition coefficient (Wildman–Crippen LogP) is -0.0860. The maximum Gasteiger partial charge on any atom is 0.339 e. The lowest BCUT2D eigenvalue weighted by molar-refractivity contribution is -0.137. The van der Waals surface area contributed by atoms with Crippen molar-refractivity contribution >= 4 is 23.5 Å². The summed E-state index contributed by atoms with van der Waals surface area (Å²) in [4.78, 5) is 34.2. The summed E-state index contributed by atoms with van der Waals surface area (Å²) in [5, 5.41) is 11.4. The van der Waals surface area contributed by atoms with Gasteiger partial charge in [0, 0.05) is 17.7 Å². The number of carboxylic acids is 1. The van der Waals surface area contributed by atoms with Gasteiger partial charge in [0.25, 0.3) is 0 Å². The van der Waals surface area contributed by atoms with Gasteiger partial charge in [-0.25, -0.2) is 9.59 Å². The maximum absolute atomic E-state index is 11.7. The molecule has 1 atom stereocenters. The standard InChI is InChI=1S/C16H19N3O5/c1-24-16(23)12-6-5-11(19-14(20)3-2-8-17)9-10(12)4-7-13(18)15(21)22/h5-6,9,13H,2-3,8,17-18H2,1H3,(H,19,20)(H,21,22). The molecule has 0 aliphatic heterocycles. The van der Waals surface area contributed by atoms with Gasteiger partial charge >= 0.3 is 11.9 Å². The maximum atomic E-state index is 11.7. The van der Waals surface area contributed by atoms with Crippen LogP contribution in [0.3, 0.4) is 0 Å². The molecule has 128 valence electrons. The van der Waals surface area contributed by atoms with Crippen LogP contribution >= 0.6 is 0 Å². The fraction of sp³-hybridized carbons (Fsp3) is 0.312. The Morgan fingerprint density at radius 2 is 2.08 bits per heavy atom. The zero-order valence-corrected chi connectivity index (χ0v) is 13.2. The van der Waals surface area contributed by atoms with E-state index in [1.807, 2.05) is 0 Å². The number of ether oxygens (including phenoxy) is 1. The van der Waals surface area contributed by atoms with Crippen molar-refractivity contribution in [3.63, 3.8) is 0 Å². The SMILES string of the molecule is COC(=O)c1ccc(NC(=O)CCCN)cc1C#CC(N)C(=O)O. The van der Waals surface area contributed by atoms with Gasteiger partial charge < -0.3 is 26.6 Å². The molecule has 0 spiro atoms. The first kappa shape index (κ1) is 19.2. The van der Waals surface area contributed by atoms with E-state index < -0.39 is 18.0 Å². The van der Waals surface area contributed by atoms with Gasteiger partial charge in [-0.1, -0.05) is 11.8 Å². The Hall–Kier alpha value is -2.89. The molecule has 0 aliphatic rings. The monoisotopic (exact) mass is 333 g/mol. The fourth-order valence-corrected chi connectivity index (χ4v) is 1.72. The number of methoxy groups -OCH3 is 1. The van der Waals surface area contributed by atoms with Crippen molar-refractivity contribution in [2.45, 2.75) is 18.9 Å². The van der Waals surface area contributed by atoms with Crippen LogP contribution in [0.5, 0.6) is 0 Å². The van der Waals surface area contributed by atoms with Gasteiger partial charge in [-0.3, -0.25) is 4.79 Å². The number of nitrogens with two attached hydrogens (primary N) is 2. The Morgan fingerprint density at radius 1 is 1.38 bits per heavy atom. The highest BCUT2D eigenvalue weighted by molar-refractivity contribution is 5.95. The van der Waals surface area contributed by atoms with Crippen LogP contribution in [0.25, 0.3) is 0 Å². The second-order valence-corrected chi connectivity index (χ2v) is 4.78. The molecular formula is C16H19N3O5. The molecule has 1 amide bonds. The van der Waals surface area contributed by atoms with Gasteiger partial charge in [0.1, 0.15) is 0 Å². The summed E-state index contributed by atoms with van der Waals surface area (Å²) in [6.07, 6.45) is 0.812. The number of hydrogen-bond donors (Lipinski definition) is 4. The number of benzene rings is 1. The summed E-state index contributed by atoms with van der Waals surface area (Å²) in [6, 6.07) is 3.02. The van der Waals surface area contributed by atoms with Crippen molar-refractivity contribution in [1.82, 2.24) is 0 Å². The van der Waals surface area contributed by atoms with E-state index in [2.05, 4.69) is 21.9 Å². The summed E-state index contributed by atoms with van der Waals surface area (Å²) >= 11 is 0. The van der Waals surface area contributed by atoms with Crippen molar-refractivity contribution in [3.8, 4) is 11.8 Å². The average molecular weight is 333 g/mol. The average Bonchev–Trinajstić information content (AvgIpc) is 2.57. The Balaban J connectivity index is 3.11. The zero-order chi connectivity index (χ0) is 18.1. The van der Waals surface area contributed by atoms with Gasteiger partial charge in [-0.2, -0.15) is 0 Å². The molecule has 1 rings (SSSR count). The van der Waals surface area contributed by atoms with Crippen LogP contribution in [0.4, 0.5) is 5.69 Å². The highest BCUT2D eigenvalue weighted by Crippen LogP contribution is 2.17. The van der Waals surface area contributed by atoms with E-state index in [0.29, 0.717) is 18.7 Å².